The van der Waals surface area contributed by atoms with Crippen LogP contribution in [-0.4, -0.2) is 21.6 Å². The van der Waals surface area contributed by atoms with Crippen LogP contribution >= 0.6 is 0 Å². The first-order chi connectivity index (χ1) is 8.77. The Kier molecular flexibility index (Phi) is 3.76. The number of pyridine rings is 2. The zero-order valence-corrected chi connectivity index (χ0v) is 9.78. The maximum atomic E-state index is 11.6. The predicted molar refractivity (Wildman–Crippen MR) is 66.1 cm³/mol. The van der Waals surface area contributed by atoms with Crippen molar-refractivity contribution in [3.63, 3.8) is 0 Å². The Morgan fingerprint density at radius 3 is 2.28 bits per heavy atom. The van der Waals surface area contributed by atoms with Crippen molar-refractivity contribution >= 4 is 11.7 Å². The molecule has 0 aliphatic carbocycles. The van der Waals surface area contributed by atoms with Gasteiger partial charge in [-0.05, 0) is 31.2 Å². The van der Waals surface area contributed by atoms with E-state index in [0.29, 0.717) is 11.3 Å². The number of hydrogen-bond acceptors (Lipinski definition) is 5. The molecular formula is C13H11N3O2. The Balaban J connectivity index is 2.05. The molecule has 0 amide bonds. The van der Waals surface area contributed by atoms with Crippen LogP contribution < -0.4 is 0 Å². The Morgan fingerprint density at radius 1 is 1.11 bits per heavy atom. The van der Waals surface area contributed by atoms with Crippen molar-refractivity contribution in [2.45, 2.75) is 6.92 Å². The molecule has 2 rings (SSSR count). The van der Waals surface area contributed by atoms with Crippen LogP contribution in [0.1, 0.15) is 22.8 Å². The van der Waals surface area contributed by atoms with Crippen LogP contribution in [0.3, 0.4) is 0 Å². The van der Waals surface area contributed by atoms with Crippen LogP contribution in [-0.2, 0) is 4.84 Å². The molecule has 0 N–H and O–H groups in total. The van der Waals surface area contributed by atoms with E-state index in [1.807, 2.05) is 6.07 Å². The minimum atomic E-state index is -0.536. The second-order valence-corrected chi connectivity index (χ2v) is 3.54. The predicted octanol–water partition coefficient (Wildman–Crippen LogP) is 2.06. The van der Waals surface area contributed by atoms with Gasteiger partial charge in [-0.25, -0.2) is 4.79 Å². The number of aromatic nitrogens is 2. The molecule has 0 aliphatic heterocycles. The van der Waals surface area contributed by atoms with Gasteiger partial charge in [0.1, 0.15) is 0 Å². The van der Waals surface area contributed by atoms with Gasteiger partial charge >= 0.3 is 5.97 Å². The topological polar surface area (TPSA) is 64.4 Å². The largest absolute Gasteiger partial charge is 0.367 e. The SMILES string of the molecule is C/C(=N\OC(=O)c1cccnc1)c1cccnc1. The van der Waals surface area contributed by atoms with Gasteiger partial charge in [0.25, 0.3) is 0 Å². The number of rotatable bonds is 3. The summed E-state index contributed by atoms with van der Waals surface area (Å²) in [5, 5.41) is 3.77. The van der Waals surface area contributed by atoms with Gasteiger partial charge in [-0.3, -0.25) is 9.97 Å². The molecule has 0 atom stereocenters. The van der Waals surface area contributed by atoms with Gasteiger partial charge in [0.2, 0.25) is 0 Å². The second kappa shape index (κ2) is 5.67. The third-order valence-corrected chi connectivity index (χ3v) is 2.24. The molecule has 0 saturated heterocycles. The molecule has 0 radical (unpaired) electrons. The molecule has 2 aromatic rings. The average Bonchev–Trinajstić information content (AvgIpc) is 2.46. The lowest BCUT2D eigenvalue weighted by Gasteiger charge is -2.00. The van der Waals surface area contributed by atoms with Gasteiger partial charge in [-0.15, -0.1) is 0 Å². The molecule has 0 fully saturated rings. The molecular weight excluding hydrogens is 230 g/mol. The summed E-state index contributed by atoms with van der Waals surface area (Å²) in [5.41, 5.74) is 1.75. The lowest BCUT2D eigenvalue weighted by Crippen LogP contribution is -2.04. The average molecular weight is 241 g/mol. The summed E-state index contributed by atoms with van der Waals surface area (Å²) in [4.78, 5) is 24.2. The molecule has 90 valence electrons. The molecule has 2 heterocycles. The standard InChI is InChI=1S/C13H11N3O2/c1-10(11-4-2-6-14-8-11)16-18-13(17)12-5-3-7-15-9-12/h2-9H,1H3/b16-10+. The molecule has 0 aliphatic rings. The van der Waals surface area contributed by atoms with Crippen LogP contribution in [0, 0.1) is 0 Å². The van der Waals surface area contributed by atoms with E-state index in [1.165, 1.54) is 6.20 Å². The van der Waals surface area contributed by atoms with Crippen molar-refractivity contribution in [1.82, 2.24) is 9.97 Å². The maximum absolute atomic E-state index is 11.6. The van der Waals surface area contributed by atoms with E-state index in [0.717, 1.165) is 5.56 Å². The Bertz CT molecular complexity index is 553. The van der Waals surface area contributed by atoms with Crippen LogP contribution in [0.5, 0.6) is 0 Å². The number of nitrogens with zero attached hydrogens (tertiary/aromatic N) is 3. The highest BCUT2D eigenvalue weighted by atomic mass is 16.7. The van der Waals surface area contributed by atoms with Crippen molar-refractivity contribution in [3.8, 4) is 0 Å². The summed E-state index contributed by atoms with van der Waals surface area (Å²) in [6.07, 6.45) is 6.33. The van der Waals surface area contributed by atoms with E-state index >= 15 is 0 Å². The third-order valence-electron chi connectivity index (χ3n) is 2.24. The van der Waals surface area contributed by atoms with E-state index < -0.39 is 5.97 Å². The van der Waals surface area contributed by atoms with Crippen molar-refractivity contribution in [2.75, 3.05) is 0 Å². The monoisotopic (exact) mass is 241 g/mol. The molecule has 0 bridgehead atoms. The van der Waals surface area contributed by atoms with Gasteiger partial charge in [0, 0.05) is 30.4 Å². The Morgan fingerprint density at radius 2 is 1.72 bits per heavy atom. The lowest BCUT2D eigenvalue weighted by molar-refractivity contribution is 0.0516. The number of oxime groups is 1. The zero-order valence-electron chi connectivity index (χ0n) is 9.78. The molecule has 2 aromatic heterocycles. The van der Waals surface area contributed by atoms with E-state index in [9.17, 15) is 4.79 Å². The fourth-order valence-corrected chi connectivity index (χ4v) is 1.28. The number of carbonyl (C=O) groups excluding carboxylic acids is 1. The minimum absolute atomic E-state index is 0.361. The Labute approximate surface area is 104 Å². The summed E-state index contributed by atoms with van der Waals surface area (Å²) in [6.45, 7) is 1.74. The van der Waals surface area contributed by atoms with Gasteiger partial charge in [-0.1, -0.05) is 5.16 Å². The lowest BCUT2D eigenvalue weighted by atomic mass is 10.2. The van der Waals surface area contributed by atoms with Gasteiger partial charge < -0.3 is 4.84 Å². The zero-order chi connectivity index (χ0) is 12.8. The first-order valence-corrected chi connectivity index (χ1v) is 5.34. The molecule has 5 heteroatoms. The Hall–Kier alpha value is -2.56. The van der Waals surface area contributed by atoms with Crippen LogP contribution in [0.25, 0.3) is 0 Å². The molecule has 0 aromatic carbocycles. The second-order valence-electron chi connectivity index (χ2n) is 3.54. The summed E-state index contributed by atoms with van der Waals surface area (Å²) < 4.78 is 0. The highest BCUT2D eigenvalue weighted by Gasteiger charge is 2.07. The molecule has 18 heavy (non-hydrogen) atoms. The van der Waals surface area contributed by atoms with Crippen LogP contribution in [0.2, 0.25) is 0 Å². The van der Waals surface area contributed by atoms with Gasteiger partial charge in [-0.2, -0.15) is 0 Å². The summed E-state index contributed by atoms with van der Waals surface area (Å²) in [5.74, 6) is -0.536. The van der Waals surface area contributed by atoms with Crippen molar-refractivity contribution in [3.05, 3.63) is 60.2 Å². The van der Waals surface area contributed by atoms with Crippen LogP contribution in [0.15, 0.2) is 54.2 Å². The number of hydrogen-bond donors (Lipinski definition) is 0. The molecule has 0 spiro atoms. The summed E-state index contributed by atoms with van der Waals surface area (Å²) >= 11 is 0. The van der Waals surface area contributed by atoms with Gasteiger partial charge in [0.15, 0.2) is 0 Å². The van der Waals surface area contributed by atoms with E-state index in [1.54, 1.807) is 43.7 Å². The first-order valence-electron chi connectivity index (χ1n) is 5.34. The highest BCUT2D eigenvalue weighted by Crippen LogP contribution is 2.02. The number of carbonyl (C=O) groups is 1. The van der Waals surface area contributed by atoms with E-state index in [-0.39, 0.29) is 0 Å². The highest BCUT2D eigenvalue weighted by molar-refractivity contribution is 5.98. The maximum Gasteiger partial charge on any atom is 0.367 e. The molecule has 5 nitrogen and oxygen atoms in total. The quantitative estimate of drug-likeness (QED) is 0.468. The fourth-order valence-electron chi connectivity index (χ4n) is 1.28. The molecule has 0 unspecified atom stereocenters. The van der Waals surface area contributed by atoms with Gasteiger partial charge in [0.05, 0.1) is 11.3 Å². The summed E-state index contributed by atoms with van der Waals surface area (Å²) in [7, 11) is 0. The van der Waals surface area contributed by atoms with Crippen molar-refractivity contribution in [1.29, 1.82) is 0 Å². The van der Waals surface area contributed by atoms with E-state index in [4.69, 9.17) is 4.84 Å². The normalized spacial score (nSPS) is 11.1. The smallest absolute Gasteiger partial charge is 0.312 e. The fraction of sp³-hybridized carbons (Fsp3) is 0.0769. The minimum Gasteiger partial charge on any atom is -0.312 e. The van der Waals surface area contributed by atoms with Crippen molar-refractivity contribution < 1.29 is 9.63 Å². The summed E-state index contributed by atoms with van der Waals surface area (Å²) in [6, 6.07) is 6.90. The first kappa shape index (κ1) is 11.9. The van der Waals surface area contributed by atoms with E-state index in [2.05, 4.69) is 15.1 Å². The van der Waals surface area contributed by atoms with Crippen LogP contribution in [0.4, 0.5) is 0 Å². The van der Waals surface area contributed by atoms with Crippen molar-refractivity contribution in [2.24, 2.45) is 5.16 Å². The molecule has 0 saturated carbocycles. The third kappa shape index (κ3) is 2.98.